The maximum Gasteiger partial charge on any atom is 1.00 e. The summed E-state index contributed by atoms with van der Waals surface area (Å²) in [5.74, 6) is 5.33. The van der Waals surface area contributed by atoms with Crippen LogP contribution in [-0.2, 0) is 0 Å². The minimum absolute atomic E-state index is 0. The molecular weight excluding hydrogens is 412 g/mol. The number of allylic oxidation sites excluding steroid dienone is 2. The van der Waals surface area contributed by atoms with Crippen LogP contribution in [0.15, 0.2) is 84.8 Å². The Balaban J connectivity index is 0.00000512. The van der Waals surface area contributed by atoms with E-state index in [0.29, 0.717) is 17.8 Å². The molecule has 0 aromatic heterocycles. The number of benzene rings is 1. The first kappa shape index (κ1) is 27.6. The molecule has 1 aromatic carbocycles. The van der Waals surface area contributed by atoms with Gasteiger partial charge in [-0.1, -0.05) is 57.5 Å². The van der Waals surface area contributed by atoms with E-state index in [-0.39, 0.29) is 47.5 Å². The summed E-state index contributed by atoms with van der Waals surface area (Å²) in [5, 5.41) is 7.04. The standard InChI is InChI=1S/C25H33FN5.Na/c1-6-10-20(8-3)25(21-13-12-19(7-2)22(26)16-21)29-18(5)23-11-9-14-31(23)17(4)15-24(27)30-28;/h6-8,10,12-13,16,23,25,29H,1,3-5,9,11,14-15,28H2,2H3,(H2,27,30);/q-1;+1/b20-10+;. The van der Waals surface area contributed by atoms with Crippen LogP contribution in [0.5, 0.6) is 0 Å². The zero-order chi connectivity index (χ0) is 23.0. The molecule has 0 spiro atoms. The maximum atomic E-state index is 14.5. The summed E-state index contributed by atoms with van der Waals surface area (Å²) in [5.41, 5.74) is 9.64. The van der Waals surface area contributed by atoms with Gasteiger partial charge in [0.1, 0.15) is 5.84 Å². The van der Waals surface area contributed by atoms with Crippen LogP contribution in [0.25, 0.3) is 0 Å². The Hall–Kier alpha value is -2.41. The van der Waals surface area contributed by atoms with Crippen LogP contribution >= 0.6 is 0 Å². The fourth-order valence-electron chi connectivity index (χ4n) is 3.88. The van der Waals surface area contributed by atoms with Gasteiger partial charge in [0.15, 0.2) is 0 Å². The zero-order valence-electron chi connectivity index (χ0n) is 19.3. The van der Waals surface area contributed by atoms with Gasteiger partial charge in [0.25, 0.3) is 0 Å². The van der Waals surface area contributed by atoms with Crippen LogP contribution in [0.1, 0.15) is 43.4 Å². The van der Waals surface area contributed by atoms with Gasteiger partial charge in [0, 0.05) is 30.2 Å². The Kier molecular flexibility index (Phi) is 11.4. The zero-order valence-corrected chi connectivity index (χ0v) is 21.3. The summed E-state index contributed by atoms with van der Waals surface area (Å²) in [6, 6.07) is 4.94. The van der Waals surface area contributed by atoms with E-state index >= 15 is 0 Å². The normalized spacial score (nSPS) is 17.2. The Labute approximate surface area is 213 Å². The molecule has 0 aliphatic carbocycles. The fraction of sp³-hybridized carbons (Fsp3) is 0.280. The third-order valence-electron chi connectivity index (χ3n) is 5.49. The number of nitrogens with two attached hydrogens (primary N) is 2. The van der Waals surface area contributed by atoms with Gasteiger partial charge in [0.2, 0.25) is 0 Å². The van der Waals surface area contributed by atoms with Crippen molar-refractivity contribution < 1.29 is 33.9 Å². The fourth-order valence-corrected chi connectivity index (χ4v) is 3.88. The molecule has 0 radical (unpaired) electrons. The van der Waals surface area contributed by atoms with Crippen molar-refractivity contribution in [3.05, 3.63) is 103 Å². The van der Waals surface area contributed by atoms with Gasteiger partial charge >= 0.3 is 29.6 Å². The van der Waals surface area contributed by atoms with Crippen molar-refractivity contribution in [2.24, 2.45) is 16.7 Å². The number of hydrogen-bond acceptors (Lipinski definition) is 4. The van der Waals surface area contributed by atoms with Crippen molar-refractivity contribution in [3.8, 4) is 0 Å². The van der Waals surface area contributed by atoms with Crippen molar-refractivity contribution in [3.63, 3.8) is 0 Å². The average molecular weight is 446 g/mol. The number of hydrogen-bond donors (Lipinski definition) is 3. The van der Waals surface area contributed by atoms with Gasteiger partial charge in [-0.25, -0.2) is 0 Å². The van der Waals surface area contributed by atoms with Crippen LogP contribution in [-0.4, -0.2) is 23.3 Å². The second-order valence-corrected chi connectivity index (χ2v) is 7.49. The van der Waals surface area contributed by atoms with E-state index in [2.05, 4.69) is 41.6 Å². The minimum Gasteiger partial charge on any atom is -0.385 e. The monoisotopic (exact) mass is 445 g/mol. The molecule has 1 heterocycles. The number of amidine groups is 1. The van der Waals surface area contributed by atoms with Crippen molar-refractivity contribution >= 4 is 5.84 Å². The second kappa shape index (κ2) is 13.2. The Morgan fingerprint density at radius 1 is 1.41 bits per heavy atom. The predicted octanol–water partition coefficient (Wildman–Crippen LogP) is 1.44. The van der Waals surface area contributed by atoms with E-state index in [0.717, 1.165) is 41.9 Å². The second-order valence-electron chi connectivity index (χ2n) is 7.49. The first-order chi connectivity index (χ1) is 14.9. The summed E-state index contributed by atoms with van der Waals surface area (Å²) in [6.07, 6.45) is 9.36. The van der Waals surface area contributed by atoms with E-state index in [9.17, 15) is 4.39 Å². The molecule has 2 rings (SSSR count). The molecule has 5 N–H and O–H groups in total. The summed E-state index contributed by atoms with van der Waals surface area (Å²) in [6.45, 7) is 18.8. The molecule has 0 amide bonds. The molecule has 1 aliphatic rings. The maximum absolute atomic E-state index is 14.5. The third-order valence-corrected chi connectivity index (χ3v) is 5.49. The Bertz CT molecular complexity index is 906. The molecule has 0 saturated carbocycles. The van der Waals surface area contributed by atoms with Crippen LogP contribution in [0, 0.1) is 12.2 Å². The molecule has 166 valence electrons. The smallest absolute Gasteiger partial charge is 0.385 e. The summed E-state index contributed by atoms with van der Waals surface area (Å²) < 4.78 is 14.5. The molecule has 1 aromatic rings. The van der Waals surface area contributed by atoms with Crippen LogP contribution in [0.4, 0.5) is 4.39 Å². The Morgan fingerprint density at radius 3 is 2.69 bits per heavy atom. The first-order valence-electron chi connectivity index (χ1n) is 10.3. The molecule has 1 fully saturated rings. The van der Waals surface area contributed by atoms with Crippen molar-refractivity contribution in [1.82, 2.24) is 10.2 Å². The molecule has 32 heavy (non-hydrogen) atoms. The average Bonchev–Trinajstić information content (AvgIpc) is 3.26. The number of nitrogens with zero attached hydrogens (tertiary/aromatic N) is 2. The number of likely N-dealkylation sites (tertiary alicyclic amines) is 1. The quantitative estimate of drug-likeness (QED) is 0.0916. The first-order valence-corrected chi connectivity index (χ1v) is 10.3. The number of hydrazone groups is 1. The van der Waals surface area contributed by atoms with E-state index in [1.165, 1.54) is 0 Å². The largest absolute Gasteiger partial charge is 1.00 e. The summed E-state index contributed by atoms with van der Waals surface area (Å²) >= 11 is 0. The van der Waals surface area contributed by atoms with Gasteiger partial charge in [-0.3, -0.25) is 4.39 Å². The van der Waals surface area contributed by atoms with Gasteiger partial charge in [-0.15, -0.1) is 6.07 Å². The number of nitrogens with one attached hydrogen (secondary N) is 1. The van der Waals surface area contributed by atoms with Gasteiger partial charge in [-0.05, 0) is 24.0 Å². The van der Waals surface area contributed by atoms with Crippen LogP contribution in [0.3, 0.4) is 0 Å². The SMILES string of the molecule is C=C/C=C(\C=C)C(NC(=C)C1CCCN1C(=C)C/C(N)=N/N)c1ccc([CH-]C)c(F)c1.[Na+]. The van der Waals surface area contributed by atoms with Crippen molar-refractivity contribution in [2.45, 2.75) is 38.3 Å². The van der Waals surface area contributed by atoms with E-state index in [1.807, 2.05) is 19.1 Å². The van der Waals surface area contributed by atoms with Crippen molar-refractivity contribution in [2.75, 3.05) is 6.54 Å². The van der Waals surface area contributed by atoms with Gasteiger partial charge in [0.05, 0.1) is 12.1 Å². The minimum atomic E-state index is -0.324. The molecular formula is C25H33FN5Na. The topological polar surface area (TPSA) is 79.7 Å². The van der Waals surface area contributed by atoms with Gasteiger partial charge in [-0.2, -0.15) is 23.2 Å². The van der Waals surface area contributed by atoms with Crippen LogP contribution < -0.4 is 46.5 Å². The summed E-state index contributed by atoms with van der Waals surface area (Å²) in [7, 11) is 0. The molecule has 1 aliphatic heterocycles. The molecule has 2 unspecified atom stereocenters. The van der Waals surface area contributed by atoms with Crippen molar-refractivity contribution in [1.29, 1.82) is 0 Å². The van der Waals surface area contributed by atoms with E-state index in [4.69, 9.17) is 11.6 Å². The van der Waals surface area contributed by atoms with E-state index < -0.39 is 0 Å². The number of rotatable bonds is 11. The molecule has 1 saturated heterocycles. The predicted molar refractivity (Wildman–Crippen MR) is 128 cm³/mol. The Morgan fingerprint density at radius 2 is 2.12 bits per heavy atom. The summed E-state index contributed by atoms with van der Waals surface area (Å²) in [4.78, 5) is 2.17. The third kappa shape index (κ3) is 6.79. The van der Waals surface area contributed by atoms with E-state index in [1.54, 1.807) is 30.7 Å². The number of halogens is 1. The molecule has 2 atom stereocenters. The molecule has 0 bridgehead atoms. The van der Waals surface area contributed by atoms with Gasteiger partial charge < -0.3 is 21.8 Å². The molecule has 7 heteroatoms. The van der Waals surface area contributed by atoms with Crippen LogP contribution in [0.2, 0.25) is 0 Å². The molecule has 5 nitrogen and oxygen atoms in total.